The van der Waals surface area contributed by atoms with E-state index < -0.39 is 0 Å². The maximum Gasteiger partial charge on any atom is 0.161 e. The summed E-state index contributed by atoms with van der Waals surface area (Å²) in [6.45, 7) is 0. The van der Waals surface area contributed by atoms with Crippen molar-refractivity contribution in [3.8, 4) is 11.3 Å². The third-order valence-electron chi connectivity index (χ3n) is 3.97. The molecule has 0 spiro atoms. The number of aromatic nitrogens is 2. The van der Waals surface area contributed by atoms with E-state index >= 15 is 0 Å². The second-order valence-corrected chi connectivity index (χ2v) is 6.52. The molecule has 3 aromatic carbocycles. The Bertz CT molecular complexity index is 1080. The lowest BCUT2D eigenvalue weighted by Crippen LogP contribution is -1.99. The molecule has 0 bridgehead atoms. The fourth-order valence-corrected chi connectivity index (χ4v) is 3.05. The van der Waals surface area contributed by atoms with Crippen molar-refractivity contribution < 1.29 is 4.39 Å². The van der Waals surface area contributed by atoms with Gasteiger partial charge in [0.15, 0.2) is 5.82 Å². The number of benzene rings is 3. The van der Waals surface area contributed by atoms with Crippen LogP contribution in [0, 0.1) is 5.82 Å². The van der Waals surface area contributed by atoms with Crippen LogP contribution in [0.15, 0.2) is 66.7 Å². The molecule has 1 heterocycles. The topological polar surface area (TPSA) is 37.8 Å². The molecule has 0 aliphatic carbocycles. The van der Waals surface area contributed by atoms with Gasteiger partial charge in [0.25, 0.3) is 0 Å². The Labute approximate surface area is 159 Å². The average molecular weight is 384 g/mol. The van der Waals surface area contributed by atoms with Crippen LogP contribution in [-0.2, 0) is 0 Å². The van der Waals surface area contributed by atoms with Gasteiger partial charge in [-0.1, -0.05) is 41.4 Å². The highest BCUT2D eigenvalue weighted by atomic mass is 35.5. The van der Waals surface area contributed by atoms with E-state index in [4.69, 9.17) is 23.2 Å². The molecule has 0 atom stereocenters. The summed E-state index contributed by atoms with van der Waals surface area (Å²) in [5.74, 6) is 0.255. The molecule has 0 fully saturated rings. The maximum atomic E-state index is 13.3. The number of anilines is 2. The summed E-state index contributed by atoms with van der Waals surface area (Å²) in [6, 6.07) is 19.2. The van der Waals surface area contributed by atoms with Crippen molar-refractivity contribution in [3.05, 3.63) is 82.6 Å². The Kier molecular flexibility index (Phi) is 4.45. The van der Waals surface area contributed by atoms with Gasteiger partial charge in [0, 0.05) is 22.0 Å². The first kappa shape index (κ1) is 16.8. The molecule has 0 unspecified atom stereocenters. The summed E-state index contributed by atoms with van der Waals surface area (Å²) in [6.07, 6.45) is 0. The number of halogens is 3. The Hall–Kier alpha value is -2.69. The molecule has 0 saturated heterocycles. The first-order chi connectivity index (χ1) is 12.6. The minimum Gasteiger partial charge on any atom is -0.338 e. The molecule has 6 heteroatoms. The van der Waals surface area contributed by atoms with Crippen LogP contribution in [-0.4, -0.2) is 10.2 Å². The average Bonchev–Trinajstić information content (AvgIpc) is 2.65. The van der Waals surface area contributed by atoms with E-state index in [-0.39, 0.29) is 5.82 Å². The second kappa shape index (κ2) is 6.90. The van der Waals surface area contributed by atoms with Gasteiger partial charge in [0.2, 0.25) is 0 Å². The maximum absolute atomic E-state index is 13.3. The smallest absolute Gasteiger partial charge is 0.161 e. The van der Waals surface area contributed by atoms with Crippen molar-refractivity contribution in [2.45, 2.75) is 0 Å². The standard InChI is InChI=1S/C20H12Cl2FN3/c21-17-10-15-16(11-18(17)22)20(24-14-4-2-1-3-5-14)26-25-19(15)12-6-8-13(23)9-7-12/h1-11H,(H,24,26). The fraction of sp³-hybridized carbons (Fsp3) is 0. The number of rotatable bonds is 3. The molecule has 128 valence electrons. The zero-order chi connectivity index (χ0) is 18.1. The van der Waals surface area contributed by atoms with Crippen LogP contribution < -0.4 is 5.32 Å². The summed E-state index contributed by atoms with van der Waals surface area (Å²) in [5, 5.41) is 14.3. The Morgan fingerprint density at radius 1 is 0.769 bits per heavy atom. The normalized spacial score (nSPS) is 10.9. The summed E-state index contributed by atoms with van der Waals surface area (Å²) >= 11 is 12.4. The molecular formula is C20H12Cl2FN3. The van der Waals surface area contributed by atoms with Crippen LogP contribution in [0.1, 0.15) is 0 Å². The number of fused-ring (bicyclic) bond motifs is 1. The van der Waals surface area contributed by atoms with E-state index in [2.05, 4.69) is 15.5 Å². The van der Waals surface area contributed by atoms with Crippen LogP contribution in [0.3, 0.4) is 0 Å². The van der Waals surface area contributed by atoms with Crippen molar-refractivity contribution in [1.29, 1.82) is 0 Å². The Morgan fingerprint density at radius 3 is 2.12 bits per heavy atom. The minimum atomic E-state index is -0.311. The van der Waals surface area contributed by atoms with Gasteiger partial charge in [-0.15, -0.1) is 10.2 Å². The fourth-order valence-electron chi connectivity index (χ4n) is 2.72. The minimum absolute atomic E-state index is 0.311. The molecule has 4 rings (SSSR count). The summed E-state index contributed by atoms with van der Waals surface area (Å²) in [7, 11) is 0. The highest BCUT2D eigenvalue weighted by Gasteiger charge is 2.14. The predicted octanol–water partition coefficient (Wildman–Crippen LogP) is 6.49. The monoisotopic (exact) mass is 383 g/mol. The first-order valence-electron chi connectivity index (χ1n) is 7.85. The van der Waals surface area contributed by atoms with Gasteiger partial charge >= 0.3 is 0 Å². The summed E-state index contributed by atoms with van der Waals surface area (Å²) in [5.41, 5.74) is 2.23. The van der Waals surface area contributed by atoms with Crippen molar-refractivity contribution >= 4 is 45.5 Å². The lowest BCUT2D eigenvalue weighted by atomic mass is 10.0. The van der Waals surface area contributed by atoms with Gasteiger partial charge in [-0.3, -0.25) is 0 Å². The van der Waals surface area contributed by atoms with Crippen molar-refractivity contribution in [2.75, 3.05) is 5.32 Å². The summed E-state index contributed by atoms with van der Waals surface area (Å²) in [4.78, 5) is 0. The van der Waals surface area contributed by atoms with Crippen LogP contribution in [0.25, 0.3) is 22.0 Å². The predicted molar refractivity (Wildman–Crippen MR) is 105 cm³/mol. The zero-order valence-electron chi connectivity index (χ0n) is 13.4. The second-order valence-electron chi connectivity index (χ2n) is 5.71. The van der Waals surface area contributed by atoms with E-state index in [1.807, 2.05) is 30.3 Å². The van der Waals surface area contributed by atoms with E-state index in [9.17, 15) is 4.39 Å². The first-order valence-corrected chi connectivity index (χ1v) is 8.61. The van der Waals surface area contributed by atoms with Gasteiger partial charge < -0.3 is 5.32 Å². The van der Waals surface area contributed by atoms with Crippen LogP contribution in [0.5, 0.6) is 0 Å². The Balaban J connectivity index is 1.91. The van der Waals surface area contributed by atoms with Crippen molar-refractivity contribution in [3.63, 3.8) is 0 Å². The number of hydrogen-bond acceptors (Lipinski definition) is 3. The van der Waals surface area contributed by atoms with E-state index in [0.29, 0.717) is 21.6 Å². The van der Waals surface area contributed by atoms with E-state index in [0.717, 1.165) is 22.0 Å². The molecule has 4 aromatic rings. The highest BCUT2D eigenvalue weighted by molar-refractivity contribution is 6.43. The lowest BCUT2D eigenvalue weighted by Gasteiger charge is -2.12. The Morgan fingerprint density at radius 2 is 1.42 bits per heavy atom. The summed E-state index contributed by atoms with van der Waals surface area (Å²) < 4.78 is 13.3. The largest absolute Gasteiger partial charge is 0.338 e. The number of nitrogens with one attached hydrogen (secondary N) is 1. The van der Waals surface area contributed by atoms with Crippen LogP contribution >= 0.6 is 23.2 Å². The number of hydrogen-bond donors (Lipinski definition) is 1. The van der Waals surface area contributed by atoms with Gasteiger partial charge in [-0.2, -0.15) is 0 Å². The number of nitrogens with zero attached hydrogens (tertiary/aromatic N) is 2. The zero-order valence-corrected chi connectivity index (χ0v) is 14.9. The van der Waals surface area contributed by atoms with Gasteiger partial charge in [0.05, 0.1) is 10.0 Å². The van der Waals surface area contributed by atoms with Crippen LogP contribution in [0.2, 0.25) is 10.0 Å². The molecular weight excluding hydrogens is 372 g/mol. The van der Waals surface area contributed by atoms with Gasteiger partial charge in [0.1, 0.15) is 11.5 Å². The quantitative estimate of drug-likeness (QED) is 0.439. The lowest BCUT2D eigenvalue weighted by molar-refractivity contribution is 0.628. The molecule has 0 aliphatic heterocycles. The van der Waals surface area contributed by atoms with Crippen molar-refractivity contribution in [1.82, 2.24) is 10.2 Å². The molecule has 0 amide bonds. The molecule has 0 saturated carbocycles. The van der Waals surface area contributed by atoms with E-state index in [1.54, 1.807) is 24.3 Å². The van der Waals surface area contributed by atoms with Crippen LogP contribution in [0.4, 0.5) is 15.9 Å². The molecule has 1 aromatic heterocycles. The molecule has 0 aliphatic rings. The third kappa shape index (κ3) is 3.21. The SMILES string of the molecule is Fc1ccc(-c2nnc(Nc3ccccc3)c3cc(Cl)c(Cl)cc23)cc1. The van der Waals surface area contributed by atoms with Gasteiger partial charge in [-0.25, -0.2) is 4.39 Å². The molecule has 1 N–H and O–H groups in total. The molecule has 3 nitrogen and oxygen atoms in total. The van der Waals surface area contributed by atoms with E-state index in [1.165, 1.54) is 12.1 Å². The number of para-hydroxylation sites is 1. The molecule has 26 heavy (non-hydrogen) atoms. The third-order valence-corrected chi connectivity index (χ3v) is 4.70. The highest BCUT2D eigenvalue weighted by Crippen LogP contribution is 2.36. The molecule has 0 radical (unpaired) electrons. The van der Waals surface area contributed by atoms with Crippen molar-refractivity contribution in [2.24, 2.45) is 0 Å². The van der Waals surface area contributed by atoms with Gasteiger partial charge in [-0.05, 0) is 48.5 Å².